The van der Waals surface area contributed by atoms with E-state index in [1.54, 1.807) is 6.92 Å². The maximum Gasteiger partial charge on any atom is 0.323 e. The van der Waals surface area contributed by atoms with E-state index in [-0.39, 0.29) is 24.5 Å². The van der Waals surface area contributed by atoms with E-state index in [2.05, 4.69) is 5.32 Å². The number of ether oxygens (including phenoxy) is 1. The van der Waals surface area contributed by atoms with Crippen molar-refractivity contribution >= 4 is 17.8 Å². The highest BCUT2D eigenvalue weighted by molar-refractivity contribution is 6.08. The summed E-state index contributed by atoms with van der Waals surface area (Å²) < 4.78 is 5.05. The molecular weight excluding hydrogens is 284 g/mol. The van der Waals surface area contributed by atoms with Crippen LogP contribution in [0.15, 0.2) is 30.3 Å². The second kappa shape index (κ2) is 5.53. The van der Waals surface area contributed by atoms with Gasteiger partial charge in [0.05, 0.1) is 18.4 Å². The Hall–Kier alpha value is -2.21. The molecule has 0 unspecified atom stereocenters. The molecule has 116 valence electrons. The van der Waals surface area contributed by atoms with Gasteiger partial charge >= 0.3 is 5.97 Å². The number of hydrogen-bond acceptors (Lipinski definition) is 5. The molecule has 0 spiro atoms. The second-order valence-corrected chi connectivity index (χ2v) is 5.57. The second-order valence-electron chi connectivity index (χ2n) is 5.57. The highest BCUT2D eigenvalue weighted by atomic mass is 16.5. The molecule has 1 aromatic rings. The van der Waals surface area contributed by atoms with Crippen LogP contribution in [0.3, 0.4) is 0 Å². The summed E-state index contributed by atoms with van der Waals surface area (Å²) in [5.41, 5.74) is 0.890. The lowest BCUT2D eigenvalue weighted by Gasteiger charge is -2.19. The van der Waals surface area contributed by atoms with Gasteiger partial charge < -0.3 is 4.74 Å². The number of benzene rings is 1. The summed E-state index contributed by atoms with van der Waals surface area (Å²) in [5.74, 6) is -2.30. The van der Waals surface area contributed by atoms with Crippen LogP contribution in [0.25, 0.3) is 0 Å². The highest BCUT2D eigenvalue weighted by Gasteiger charge is 2.60. The molecule has 0 bridgehead atoms. The smallest absolute Gasteiger partial charge is 0.323 e. The van der Waals surface area contributed by atoms with Crippen LogP contribution in [-0.2, 0) is 19.1 Å². The van der Waals surface area contributed by atoms with Crippen LogP contribution in [0, 0.1) is 11.8 Å². The first-order valence-corrected chi connectivity index (χ1v) is 7.35. The molecule has 0 aromatic heterocycles. The van der Waals surface area contributed by atoms with Crippen molar-refractivity contribution in [2.24, 2.45) is 11.8 Å². The predicted octanol–water partition coefficient (Wildman–Crippen LogP) is 0.494. The highest BCUT2D eigenvalue weighted by Crippen LogP contribution is 2.43. The Kier molecular flexibility index (Phi) is 3.70. The number of amides is 2. The molecule has 2 aliphatic heterocycles. The summed E-state index contributed by atoms with van der Waals surface area (Å²) in [4.78, 5) is 38.1. The van der Waals surface area contributed by atoms with E-state index < -0.39 is 23.8 Å². The fourth-order valence-electron chi connectivity index (χ4n) is 3.37. The van der Waals surface area contributed by atoms with E-state index in [4.69, 9.17) is 4.74 Å². The SMILES string of the molecule is CCOC(=O)[C@H]1N[C@@H](c2ccccc2)[C@H]2C(=O)N(C)C(=O)[C@H]21. The number of likely N-dealkylation sites (tertiary alicyclic amines) is 1. The van der Waals surface area contributed by atoms with Crippen molar-refractivity contribution in [3.8, 4) is 0 Å². The predicted molar refractivity (Wildman–Crippen MR) is 77.5 cm³/mol. The van der Waals surface area contributed by atoms with Gasteiger partial charge in [-0.1, -0.05) is 30.3 Å². The topological polar surface area (TPSA) is 75.7 Å². The molecule has 4 atom stereocenters. The molecular formula is C16H18N2O4. The van der Waals surface area contributed by atoms with E-state index >= 15 is 0 Å². The van der Waals surface area contributed by atoms with Crippen molar-refractivity contribution in [2.45, 2.75) is 19.0 Å². The molecule has 3 rings (SSSR count). The molecule has 2 saturated heterocycles. The Morgan fingerprint density at radius 2 is 1.82 bits per heavy atom. The third-order valence-electron chi connectivity index (χ3n) is 4.39. The van der Waals surface area contributed by atoms with Crippen LogP contribution >= 0.6 is 0 Å². The molecule has 2 fully saturated rings. The van der Waals surface area contributed by atoms with Crippen LogP contribution < -0.4 is 5.32 Å². The van der Waals surface area contributed by atoms with Crippen LogP contribution in [0.1, 0.15) is 18.5 Å². The Labute approximate surface area is 128 Å². The summed E-state index contributed by atoms with van der Waals surface area (Å²) >= 11 is 0. The molecule has 6 heteroatoms. The number of imide groups is 1. The third-order valence-corrected chi connectivity index (χ3v) is 4.39. The van der Waals surface area contributed by atoms with Gasteiger partial charge in [-0.05, 0) is 12.5 Å². The summed E-state index contributed by atoms with van der Waals surface area (Å²) in [6.45, 7) is 1.95. The zero-order valence-corrected chi connectivity index (χ0v) is 12.5. The minimum atomic E-state index is -0.781. The van der Waals surface area contributed by atoms with Crippen molar-refractivity contribution in [1.29, 1.82) is 0 Å². The number of nitrogens with one attached hydrogen (secondary N) is 1. The van der Waals surface area contributed by atoms with Gasteiger partial charge in [0.25, 0.3) is 0 Å². The average Bonchev–Trinajstić information content (AvgIpc) is 3.02. The molecule has 2 amide bonds. The summed E-state index contributed by atoms with van der Waals surface area (Å²) in [7, 11) is 1.47. The van der Waals surface area contributed by atoms with Crippen LogP contribution in [0.4, 0.5) is 0 Å². The van der Waals surface area contributed by atoms with Gasteiger partial charge in [-0.25, -0.2) is 0 Å². The first-order chi connectivity index (χ1) is 10.6. The number of esters is 1. The van der Waals surface area contributed by atoms with E-state index in [9.17, 15) is 14.4 Å². The van der Waals surface area contributed by atoms with E-state index in [0.29, 0.717) is 0 Å². The Balaban J connectivity index is 1.98. The van der Waals surface area contributed by atoms with E-state index in [0.717, 1.165) is 10.5 Å². The molecule has 2 heterocycles. The van der Waals surface area contributed by atoms with Gasteiger partial charge in [0.15, 0.2) is 0 Å². The minimum Gasteiger partial charge on any atom is -0.465 e. The average molecular weight is 302 g/mol. The third kappa shape index (κ3) is 2.11. The zero-order valence-electron chi connectivity index (χ0n) is 12.5. The number of nitrogens with zero attached hydrogens (tertiary/aromatic N) is 1. The molecule has 0 radical (unpaired) electrons. The van der Waals surface area contributed by atoms with Crippen molar-refractivity contribution in [1.82, 2.24) is 10.2 Å². The van der Waals surface area contributed by atoms with Crippen LogP contribution in [0.5, 0.6) is 0 Å². The lowest BCUT2D eigenvalue weighted by Crippen LogP contribution is -2.43. The first-order valence-electron chi connectivity index (χ1n) is 7.35. The fourth-order valence-corrected chi connectivity index (χ4v) is 3.37. The largest absolute Gasteiger partial charge is 0.465 e. The number of fused-ring (bicyclic) bond motifs is 1. The van der Waals surface area contributed by atoms with Crippen molar-refractivity contribution < 1.29 is 19.1 Å². The molecule has 1 N–H and O–H groups in total. The van der Waals surface area contributed by atoms with Crippen LogP contribution in [0.2, 0.25) is 0 Å². The molecule has 0 saturated carbocycles. The monoisotopic (exact) mass is 302 g/mol. The number of carbonyl (C=O) groups excluding carboxylic acids is 3. The number of carbonyl (C=O) groups is 3. The van der Waals surface area contributed by atoms with Gasteiger partial charge in [0, 0.05) is 13.1 Å². The fraction of sp³-hybridized carbons (Fsp3) is 0.438. The molecule has 1 aromatic carbocycles. The van der Waals surface area contributed by atoms with E-state index in [1.165, 1.54) is 7.05 Å². The van der Waals surface area contributed by atoms with Gasteiger partial charge in [0.1, 0.15) is 6.04 Å². The number of hydrogen-bond donors (Lipinski definition) is 1. The van der Waals surface area contributed by atoms with E-state index in [1.807, 2.05) is 30.3 Å². The summed E-state index contributed by atoms with van der Waals surface area (Å²) in [6.07, 6.45) is 0. The Morgan fingerprint density at radius 3 is 2.45 bits per heavy atom. The summed E-state index contributed by atoms with van der Waals surface area (Å²) in [5, 5.41) is 3.13. The maximum atomic E-state index is 12.4. The Morgan fingerprint density at radius 1 is 1.18 bits per heavy atom. The van der Waals surface area contributed by atoms with Crippen molar-refractivity contribution in [3.63, 3.8) is 0 Å². The van der Waals surface area contributed by atoms with Gasteiger partial charge in [-0.15, -0.1) is 0 Å². The Bertz CT molecular complexity index is 616. The molecule has 0 aliphatic carbocycles. The molecule has 22 heavy (non-hydrogen) atoms. The normalized spacial score (nSPS) is 30.5. The standard InChI is InChI=1S/C16H18N2O4/c1-3-22-16(21)13-11-10(14(19)18(2)15(11)20)12(17-13)9-7-5-4-6-8-9/h4-8,10-13,17H,3H2,1-2H3/t10-,11+,12-,13-/m0/s1. The maximum absolute atomic E-state index is 12.4. The number of rotatable bonds is 3. The summed E-state index contributed by atoms with van der Waals surface area (Å²) in [6, 6.07) is 8.26. The molecule has 6 nitrogen and oxygen atoms in total. The van der Waals surface area contributed by atoms with Crippen molar-refractivity contribution in [3.05, 3.63) is 35.9 Å². The minimum absolute atomic E-state index is 0.238. The van der Waals surface area contributed by atoms with Gasteiger partial charge in [-0.2, -0.15) is 0 Å². The van der Waals surface area contributed by atoms with Crippen molar-refractivity contribution in [2.75, 3.05) is 13.7 Å². The quantitative estimate of drug-likeness (QED) is 0.650. The van der Waals surface area contributed by atoms with Gasteiger partial charge in [0.2, 0.25) is 11.8 Å². The molecule has 2 aliphatic rings. The van der Waals surface area contributed by atoms with Crippen LogP contribution in [-0.4, -0.2) is 42.4 Å². The van der Waals surface area contributed by atoms with Gasteiger partial charge in [-0.3, -0.25) is 24.6 Å². The zero-order chi connectivity index (χ0) is 15.9. The first kappa shape index (κ1) is 14.7. The lowest BCUT2D eigenvalue weighted by atomic mass is 9.86. The lowest BCUT2D eigenvalue weighted by molar-refractivity contribution is -0.149.